The van der Waals surface area contributed by atoms with Gasteiger partial charge in [-0.05, 0) is 44.0 Å². The molecule has 0 amide bonds. The van der Waals surface area contributed by atoms with Crippen LogP contribution in [0.3, 0.4) is 0 Å². The van der Waals surface area contributed by atoms with E-state index in [2.05, 4.69) is 37.0 Å². The number of carbonyl (C=O) groups excluding carboxylic acids is 1. The zero-order chi connectivity index (χ0) is 12.6. The van der Waals surface area contributed by atoms with Crippen LogP contribution in [0.5, 0.6) is 0 Å². The predicted octanol–water partition coefficient (Wildman–Crippen LogP) is 3.49. The quantitative estimate of drug-likeness (QED) is 0.763. The van der Waals surface area contributed by atoms with Crippen molar-refractivity contribution in [2.75, 3.05) is 0 Å². The van der Waals surface area contributed by atoms with E-state index in [0.717, 1.165) is 18.2 Å². The molecule has 0 fully saturated rings. The standard InChI is InChI=1S/C10H4Br2F2N2O/c11-9-8(4-17)10(12)16(15-9)7-2-5(13)1-6(14)3-7/h1-4H. The lowest BCUT2D eigenvalue weighted by molar-refractivity contribution is 0.112. The minimum absolute atomic E-state index is 0.183. The maximum Gasteiger partial charge on any atom is 0.155 e. The molecule has 7 heteroatoms. The van der Waals surface area contributed by atoms with Gasteiger partial charge in [-0.1, -0.05) is 0 Å². The smallest absolute Gasteiger partial charge is 0.155 e. The highest BCUT2D eigenvalue weighted by Gasteiger charge is 2.15. The van der Waals surface area contributed by atoms with Gasteiger partial charge in [0, 0.05) is 6.07 Å². The average Bonchev–Trinajstić information content (AvgIpc) is 2.52. The first-order valence-corrected chi connectivity index (χ1v) is 5.97. The van der Waals surface area contributed by atoms with Crippen LogP contribution in [0.15, 0.2) is 27.4 Å². The SMILES string of the molecule is O=Cc1c(Br)nn(-c2cc(F)cc(F)c2)c1Br. The fourth-order valence-electron chi connectivity index (χ4n) is 1.31. The van der Waals surface area contributed by atoms with Crippen LogP contribution < -0.4 is 0 Å². The molecule has 88 valence electrons. The molecule has 17 heavy (non-hydrogen) atoms. The van der Waals surface area contributed by atoms with Crippen LogP contribution in [0, 0.1) is 11.6 Å². The maximum atomic E-state index is 13.1. The normalized spacial score (nSPS) is 10.6. The molecule has 1 aromatic heterocycles. The lowest BCUT2D eigenvalue weighted by atomic mass is 10.3. The summed E-state index contributed by atoms with van der Waals surface area (Å²) < 4.78 is 28.0. The van der Waals surface area contributed by atoms with Crippen LogP contribution in [-0.4, -0.2) is 16.1 Å². The number of benzene rings is 1. The summed E-state index contributed by atoms with van der Waals surface area (Å²) in [5.41, 5.74) is 0.456. The molecule has 0 bridgehead atoms. The summed E-state index contributed by atoms with van der Waals surface area (Å²) in [5.74, 6) is -1.43. The Hall–Kier alpha value is -1.08. The van der Waals surface area contributed by atoms with Gasteiger partial charge < -0.3 is 0 Å². The molecule has 0 aliphatic carbocycles. The Kier molecular flexibility index (Phi) is 3.39. The molecule has 0 N–H and O–H groups in total. The van der Waals surface area contributed by atoms with Crippen molar-refractivity contribution in [2.24, 2.45) is 0 Å². The second kappa shape index (κ2) is 4.66. The molecule has 1 aromatic carbocycles. The molecule has 0 saturated carbocycles. The summed E-state index contributed by atoms with van der Waals surface area (Å²) in [4.78, 5) is 10.8. The van der Waals surface area contributed by atoms with Gasteiger partial charge in [-0.2, -0.15) is 5.10 Å². The van der Waals surface area contributed by atoms with Gasteiger partial charge >= 0.3 is 0 Å². The highest BCUT2D eigenvalue weighted by Crippen LogP contribution is 2.26. The zero-order valence-corrected chi connectivity index (χ0v) is 11.3. The van der Waals surface area contributed by atoms with Gasteiger partial charge in [-0.25, -0.2) is 13.5 Å². The highest BCUT2D eigenvalue weighted by atomic mass is 79.9. The molecule has 0 aliphatic heterocycles. The summed E-state index contributed by atoms with van der Waals surface area (Å²) in [6.07, 6.45) is 0.591. The van der Waals surface area contributed by atoms with E-state index < -0.39 is 11.6 Å². The Morgan fingerprint density at radius 3 is 2.24 bits per heavy atom. The molecule has 0 unspecified atom stereocenters. The van der Waals surface area contributed by atoms with Crippen molar-refractivity contribution in [3.8, 4) is 5.69 Å². The minimum atomic E-state index is -0.717. The molecule has 0 radical (unpaired) electrons. The van der Waals surface area contributed by atoms with Crippen LogP contribution >= 0.6 is 31.9 Å². The zero-order valence-electron chi connectivity index (χ0n) is 8.12. The summed E-state index contributed by atoms with van der Waals surface area (Å²) in [6.45, 7) is 0. The van der Waals surface area contributed by atoms with Crippen LogP contribution in [0.1, 0.15) is 10.4 Å². The summed E-state index contributed by atoms with van der Waals surface area (Å²) >= 11 is 6.22. The first-order chi connectivity index (χ1) is 8.02. The van der Waals surface area contributed by atoms with E-state index in [-0.39, 0.29) is 11.3 Å². The topological polar surface area (TPSA) is 34.9 Å². The fraction of sp³-hybridized carbons (Fsp3) is 0. The van der Waals surface area contributed by atoms with Crippen molar-refractivity contribution < 1.29 is 13.6 Å². The molecular formula is C10H4Br2F2N2O. The van der Waals surface area contributed by atoms with E-state index in [1.807, 2.05) is 0 Å². The van der Waals surface area contributed by atoms with Crippen molar-refractivity contribution in [1.29, 1.82) is 0 Å². The number of carbonyl (C=O) groups is 1. The van der Waals surface area contributed by atoms with E-state index in [9.17, 15) is 13.6 Å². The Bertz CT molecular complexity index is 578. The minimum Gasteiger partial charge on any atom is -0.298 e. The Morgan fingerprint density at radius 1 is 1.18 bits per heavy atom. The van der Waals surface area contributed by atoms with Crippen LogP contribution in [0.25, 0.3) is 5.69 Å². The lowest BCUT2D eigenvalue weighted by Gasteiger charge is -2.03. The second-order valence-electron chi connectivity index (χ2n) is 3.15. The largest absolute Gasteiger partial charge is 0.298 e. The van der Waals surface area contributed by atoms with E-state index in [1.54, 1.807) is 0 Å². The third-order valence-electron chi connectivity index (χ3n) is 2.03. The lowest BCUT2D eigenvalue weighted by Crippen LogP contribution is -1.98. The number of aldehydes is 1. The molecule has 3 nitrogen and oxygen atoms in total. The number of hydrogen-bond donors (Lipinski definition) is 0. The third kappa shape index (κ3) is 2.30. The highest BCUT2D eigenvalue weighted by molar-refractivity contribution is 9.11. The summed E-state index contributed by atoms with van der Waals surface area (Å²) in [7, 11) is 0. The fourth-order valence-corrected chi connectivity index (χ4v) is 2.59. The van der Waals surface area contributed by atoms with Gasteiger partial charge in [0.1, 0.15) is 20.8 Å². The molecule has 0 aliphatic rings. The molecule has 1 heterocycles. The molecular weight excluding hydrogens is 362 g/mol. The second-order valence-corrected chi connectivity index (χ2v) is 4.65. The van der Waals surface area contributed by atoms with Gasteiger partial charge in [0.05, 0.1) is 11.3 Å². The number of hydrogen-bond acceptors (Lipinski definition) is 2. The van der Waals surface area contributed by atoms with Gasteiger partial charge in [-0.15, -0.1) is 0 Å². The molecule has 0 atom stereocenters. The van der Waals surface area contributed by atoms with Gasteiger partial charge in [-0.3, -0.25) is 4.79 Å². The Balaban J connectivity index is 2.64. The van der Waals surface area contributed by atoms with Gasteiger partial charge in [0.2, 0.25) is 0 Å². The van der Waals surface area contributed by atoms with Crippen molar-refractivity contribution in [1.82, 2.24) is 9.78 Å². The Labute approximate surface area is 112 Å². The molecule has 2 rings (SSSR count). The molecule has 0 saturated heterocycles. The van der Waals surface area contributed by atoms with E-state index in [4.69, 9.17) is 0 Å². The summed E-state index contributed by atoms with van der Waals surface area (Å²) in [5, 5.41) is 3.96. The number of rotatable bonds is 2. The van der Waals surface area contributed by atoms with Crippen LogP contribution in [0.2, 0.25) is 0 Å². The van der Waals surface area contributed by atoms with E-state index in [1.165, 1.54) is 4.68 Å². The first kappa shape index (κ1) is 12.4. The van der Waals surface area contributed by atoms with Crippen molar-refractivity contribution in [3.05, 3.63) is 44.6 Å². The maximum absolute atomic E-state index is 13.1. The first-order valence-electron chi connectivity index (χ1n) is 4.38. The van der Waals surface area contributed by atoms with Crippen molar-refractivity contribution in [2.45, 2.75) is 0 Å². The van der Waals surface area contributed by atoms with Gasteiger partial charge in [0.15, 0.2) is 6.29 Å². The number of nitrogens with zero attached hydrogens (tertiary/aromatic N) is 2. The predicted molar refractivity (Wildman–Crippen MR) is 64.3 cm³/mol. The number of aromatic nitrogens is 2. The number of halogens is 4. The average molecular weight is 366 g/mol. The van der Waals surface area contributed by atoms with E-state index >= 15 is 0 Å². The Morgan fingerprint density at radius 2 is 1.76 bits per heavy atom. The van der Waals surface area contributed by atoms with Crippen LogP contribution in [-0.2, 0) is 0 Å². The van der Waals surface area contributed by atoms with Crippen LogP contribution in [0.4, 0.5) is 8.78 Å². The van der Waals surface area contributed by atoms with Crippen molar-refractivity contribution in [3.63, 3.8) is 0 Å². The molecule has 2 aromatic rings. The molecule has 0 spiro atoms. The van der Waals surface area contributed by atoms with E-state index in [0.29, 0.717) is 15.5 Å². The van der Waals surface area contributed by atoms with Gasteiger partial charge in [0.25, 0.3) is 0 Å². The monoisotopic (exact) mass is 364 g/mol. The third-order valence-corrected chi connectivity index (χ3v) is 3.38. The summed E-state index contributed by atoms with van der Waals surface area (Å²) in [6, 6.07) is 2.99. The van der Waals surface area contributed by atoms with Crippen molar-refractivity contribution >= 4 is 38.1 Å².